The number of rotatable bonds is 2. The summed E-state index contributed by atoms with van der Waals surface area (Å²) in [5, 5.41) is 0. The van der Waals surface area contributed by atoms with Gasteiger partial charge in [-0.1, -0.05) is 19.8 Å². The van der Waals surface area contributed by atoms with Gasteiger partial charge in [0.05, 0.1) is 0 Å². The quantitative estimate of drug-likeness (QED) is 0.718. The molecular weight excluding hydrogens is 202 g/mol. The normalized spacial score (nSPS) is 27.4. The van der Waals surface area contributed by atoms with E-state index in [-0.39, 0.29) is 11.8 Å². The molecule has 0 aromatic heterocycles. The van der Waals surface area contributed by atoms with Gasteiger partial charge in [0.25, 0.3) is 0 Å². The second-order valence-corrected chi connectivity index (χ2v) is 5.09. The Kier molecular flexibility index (Phi) is 3.62. The van der Waals surface area contributed by atoms with Gasteiger partial charge in [0.15, 0.2) is 0 Å². The van der Waals surface area contributed by atoms with E-state index in [0.717, 1.165) is 19.3 Å². The number of ketones is 1. The van der Waals surface area contributed by atoms with E-state index in [0.29, 0.717) is 31.2 Å². The molecular formula is C13H21NO2. The molecule has 0 bridgehead atoms. The molecule has 0 N–H and O–H groups in total. The van der Waals surface area contributed by atoms with Gasteiger partial charge in [-0.2, -0.15) is 0 Å². The minimum absolute atomic E-state index is 0.0964. The predicted octanol–water partition coefficient (Wildman–Crippen LogP) is 2.00. The Balaban J connectivity index is 1.94. The highest BCUT2D eigenvalue weighted by atomic mass is 16.2. The first-order chi connectivity index (χ1) is 7.72. The standard InChI is InChI=1S/C13H21NO2/c1-2-10-9-14(8-7-12(10)15)13(16)11-5-3-4-6-11/h10-11H,2-9H2,1H3. The molecule has 3 heteroatoms. The van der Waals surface area contributed by atoms with E-state index in [9.17, 15) is 9.59 Å². The van der Waals surface area contributed by atoms with Crippen molar-refractivity contribution in [1.82, 2.24) is 4.90 Å². The number of hydrogen-bond acceptors (Lipinski definition) is 2. The Morgan fingerprint density at radius 1 is 1.38 bits per heavy atom. The Bertz CT molecular complexity index is 282. The third kappa shape index (κ3) is 2.28. The summed E-state index contributed by atoms with van der Waals surface area (Å²) in [6.07, 6.45) is 5.94. The Morgan fingerprint density at radius 3 is 2.69 bits per heavy atom. The Morgan fingerprint density at radius 2 is 2.06 bits per heavy atom. The molecule has 90 valence electrons. The number of carbonyl (C=O) groups is 2. The van der Waals surface area contributed by atoms with E-state index in [1.54, 1.807) is 0 Å². The van der Waals surface area contributed by atoms with Crippen molar-refractivity contribution in [2.24, 2.45) is 11.8 Å². The van der Waals surface area contributed by atoms with Gasteiger partial charge in [0.2, 0.25) is 5.91 Å². The first-order valence-corrected chi connectivity index (χ1v) is 6.54. The van der Waals surface area contributed by atoms with Crippen molar-refractivity contribution in [3.8, 4) is 0 Å². The molecule has 1 heterocycles. The first kappa shape index (κ1) is 11.6. The summed E-state index contributed by atoms with van der Waals surface area (Å²) in [5.41, 5.74) is 0. The highest BCUT2D eigenvalue weighted by Gasteiger charge is 2.32. The van der Waals surface area contributed by atoms with Gasteiger partial charge in [-0.15, -0.1) is 0 Å². The van der Waals surface area contributed by atoms with Crippen LogP contribution in [0.1, 0.15) is 45.4 Å². The van der Waals surface area contributed by atoms with Gasteiger partial charge < -0.3 is 4.90 Å². The summed E-state index contributed by atoms with van der Waals surface area (Å²) in [6, 6.07) is 0. The van der Waals surface area contributed by atoms with Crippen LogP contribution in [-0.4, -0.2) is 29.7 Å². The molecule has 2 aliphatic rings. The van der Waals surface area contributed by atoms with Crippen LogP contribution in [0.25, 0.3) is 0 Å². The topological polar surface area (TPSA) is 37.4 Å². The Hall–Kier alpha value is -0.860. The molecule has 1 saturated carbocycles. The third-order valence-electron chi connectivity index (χ3n) is 4.03. The number of hydrogen-bond donors (Lipinski definition) is 0. The lowest BCUT2D eigenvalue weighted by molar-refractivity contribution is -0.140. The lowest BCUT2D eigenvalue weighted by atomic mass is 9.93. The van der Waals surface area contributed by atoms with Crippen molar-refractivity contribution in [1.29, 1.82) is 0 Å². The molecule has 1 amide bonds. The first-order valence-electron chi connectivity index (χ1n) is 6.54. The number of carbonyl (C=O) groups excluding carboxylic acids is 2. The predicted molar refractivity (Wildman–Crippen MR) is 61.9 cm³/mol. The van der Waals surface area contributed by atoms with Gasteiger partial charge >= 0.3 is 0 Å². The van der Waals surface area contributed by atoms with E-state index in [1.807, 2.05) is 11.8 Å². The number of Topliss-reactive ketones (excluding diaryl/α,β-unsaturated/α-hetero) is 1. The van der Waals surface area contributed by atoms with Crippen LogP contribution < -0.4 is 0 Å². The molecule has 0 radical (unpaired) electrons. The molecule has 2 fully saturated rings. The van der Waals surface area contributed by atoms with Crippen LogP contribution in [0.15, 0.2) is 0 Å². The SMILES string of the molecule is CCC1CN(C(=O)C2CCCC2)CCC1=O. The molecule has 0 aromatic carbocycles. The zero-order valence-electron chi connectivity index (χ0n) is 10.1. The van der Waals surface area contributed by atoms with Crippen LogP contribution in [-0.2, 0) is 9.59 Å². The second-order valence-electron chi connectivity index (χ2n) is 5.09. The Labute approximate surface area is 97.2 Å². The van der Waals surface area contributed by atoms with Crippen LogP contribution in [0, 0.1) is 11.8 Å². The number of nitrogens with zero attached hydrogens (tertiary/aromatic N) is 1. The second kappa shape index (κ2) is 4.98. The molecule has 16 heavy (non-hydrogen) atoms. The van der Waals surface area contributed by atoms with Gasteiger partial charge in [-0.05, 0) is 19.3 Å². The monoisotopic (exact) mass is 223 g/mol. The maximum absolute atomic E-state index is 12.2. The summed E-state index contributed by atoms with van der Waals surface area (Å²) < 4.78 is 0. The highest BCUT2D eigenvalue weighted by Crippen LogP contribution is 2.28. The zero-order valence-corrected chi connectivity index (χ0v) is 10.1. The van der Waals surface area contributed by atoms with Crippen molar-refractivity contribution in [2.75, 3.05) is 13.1 Å². The van der Waals surface area contributed by atoms with Crippen molar-refractivity contribution < 1.29 is 9.59 Å². The minimum Gasteiger partial charge on any atom is -0.341 e. The van der Waals surface area contributed by atoms with Crippen LogP contribution in [0.4, 0.5) is 0 Å². The van der Waals surface area contributed by atoms with Crippen molar-refractivity contribution in [2.45, 2.75) is 45.4 Å². The van der Waals surface area contributed by atoms with E-state index >= 15 is 0 Å². The lowest BCUT2D eigenvalue weighted by Crippen LogP contribution is -2.45. The van der Waals surface area contributed by atoms with Crippen LogP contribution >= 0.6 is 0 Å². The van der Waals surface area contributed by atoms with E-state index in [2.05, 4.69) is 0 Å². The zero-order chi connectivity index (χ0) is 11.5. The van der Waals surface area contributed by atoms with Gasteiger partial charge in [-0.25, -0.2) is 0 Å². The van der Waals surface area contributed by atoms with Gasteiger partial charge in [0.1, 0.15) is 5.78 Å². The number of amides is 1. The molecule has 2 rings (SSSR count). The highest BCUT2D eigenvalue weighted by molar-refractivity contribution is 5.86. The average molecular weight is 223 g/mol. The molecule has 1 unspecified atom stereocenters. The van der Waals surface area contributed by atoms with Crippen LogP contribution in [0.2, 0.25) is 0 Å². The number of piperidine rings is 1. The smallest absolute Gasteiger partial charge is 0.225 e. The van der Waals surface area contributed by atoms with Crippen molar-refractivity contribution in [3.63, 3.8) is 0 Å². The molecule has 1 aliphatic heterocycles. The minimum atomic E-state index is 0.0964. The largest absolute Gasteiger partial charge is 0.341 e. The summed E-state index contributed by atoms with van der Waals surface area (Å²) in [6.45, 7) is 3.36. The fourth-order valence-electron chi connectivity index (χ4n) is 2.90. The molecule has 3 nitrogen and oxygen atoms in total. The average Bonchev–Trinajstić information content (AvgIpc) is 2.82. The van der Waals surface area contributed by atoms with E-state index < -0.39 is 0 Å². The summed E-state index contributed by atoms with van der Waals surface area (Å²) >= 11 is 0. The summed E-state index contributed by atoms with van der Waals surface area (Å²) in [4.78, 5) is 25.7. The summed E-state index contributed by atoms with van der Waals surface area (Å²) in [7, 11) is 0. The number of likely N-dealkylation sites (tertiary alicyclic amines) is 1. The third-order valence-corrected chi connectivity index (χ3v) is 4.03. The maximum atomic E-state index is 12.2. The molecule has 1 atom stereocenters. The lowest BCUT2D eigenvalue weighted by Gasteiger charge is -2.33. The molecule has 1 aliphatic carbocycles. The van der Waals surface area contributed by atoms with Crippen molar-refractivity contribution in [3.05, 3.63) is 0 Å². The fraction of sp³-hybridized carbons (Fsp3) is 0.846. The van der Waals surface area contributed by atoms with Gasteiger partial charge in [0, 0.05) is 31.3 Å². The molecule has 0 aromatic rings. The molecule has 0 spiro atoms. The van der Waals surface area contributed by atoms with Crippen LogP contribution in [0.5, 0.6) is 0 Å². The maximum Gasteiger partial charge on any atom is 0.225 e. The summed E-state index contributed by atoms with van der Waals surface area (Å²) in [5.74, 6) is 1.01. The fourth-order valence-corrected chi connectivity index (χ4v) is 2.90. The van der Waals surface area contributed by atoms with E-state index in [4.69, 9.17) is 0 Å². The molecule has 1 saturated heterocycles. The van der Waals surface area contributed by atoms with Crippen LogP contribution in [0.3, 0.4) is 0 Å². The van der Waals surface area contributed by atoms with Gasteiger partial charge in [-0.3, -0.25) is 9.59 Å². The van der Waals surface area contributed by atoms with E-state index in [1.165, 1.54) is 12.8 Å². The van der Waals surface area contributed by atoms with Crippen molar-refractivity contribution >= 4 is 11.7 Å².